The van der Waals surface area contributed by atoms with Crippen LogP contribution in [0.4, 0.5) is 0 Å². The molecule has 1 aliphatic heterocycles. The zero-order valence-electron chi connectivity index (χ0n) is 12.3. The molecule has 0 bridgehead atoms. The summed E-state index contributed by atoms with van der Waals surface area (Å²) in [6, 6.07) is 6.45. The SMILES string of the molecule is CC(C)C1CNC(C2CC2)CN1C(C)c1cccs1. The van der Waals surface area contributed by atoms with Crippen molar-refractivity contribution in [3.63, 3.8) is 0 Å². The molecule has 0 radical (unpaired) electrons. The highest BCUT2D eigenvalue weighted by atomic mass is 32.1. The second-order valence-corrected chi connectivity index (χ2v) is 7.53. The lowest BCUT2D eigenvalue weighted by Crippen LogP contribution is -2.59. The van der Waals surface area contributed by atoms with Crippen molar-refractivity contribution in [1.82, 2.24) is 10.2 Å². The first-order valence-corrected chi connectivity index (χ1v) is 8.57. The second-order valence-electron chi connectivity index (χ2n) is 6.55. The van der Waals surface area contributed by atoms with E-state index in [4.69, 9.17) is 0 Å². The normalized spacial score (nSPS) is 30.7. The van der Waals surface area contributed by atoms with E-state index < -0.39 is 0 Å². The summed E-state index contributed by atoms with van der Waals surface area (Å²) < 4.78 is 0. The Morgan fingerprint density at radius 2 is 2.11 bits per heavy atom. The number of rotatable bonds is 4. The topological polar surface area (TPSA) is 15.3 Å². The molecule has 3 rings (SSSR count). The highest BCUT2D eigenvalue weighted by Crippen LogP contribution is 2.37. The molecule has 19 heavy (non-hydrogen) atoms. The van der Waals surface area contributed by atoms with Gasteiger partial charge in [0.25, 0.3) is 0 Å². The van der Waals surface area contributed by atoms with Crippen LogP contribution in [0.1, 0.15) is 44.5 Å². The summed E-state index contributed by atoms with van der Waals surface area (Å²) in [6.07, 6.45) is 2.87. The first-order valence-electron chi connectivity index (χ1n) is 7.69. The summed E-state index contributed by atoms with van der Waals surface area (Å²) in [5.74, 6) is 1.67. The zero-order chi connectivity index (χ0) is 13.4. The lowest BCUT2D eigenvalue weighted by molar-refractivity contribution is 0.0582. The van der Waals surface area contributed by atoms with Gasteiger partial charge in [-0.25, -0.2) is 0 Å². The van der Waals surface area contributed by atoms with E-state index in [0.717, 1.165) is 24.4 Å². The van der Waals surface area contributed by atoms with Crippen molar-refractivity contribution in [3.05, 3.63) is 22.4 Å². The Hall–Kier alpha value is -0.380. The average molecular weight is 278 g/mol. The van der Waals surface area contributed by atoms with Gasteiger partial charge in [-0.1, -0.05) is 19.9 Å². The van der Waals surface area contributed by atoms with Crippen LogP contribution < -0.4 is 5.32 Å². The molecule has 1 aliphatic carbocycles. The summed E-state index contributed by atoms with van der Waals surface area (Å²) >= 11 is 1.90. The van der Waals surface area contributed by atoms with E-state index in [1.807, 2.05) is 11.3 Å². The molecule has 2 nitrogen and oxygen atoms in total. The second kappa shape index (κ2) is 5.55. The smallest absolute Gasteiger partial charge is 0.0417 e. The molecule has 2 fully saturated rings. The van der Waals surface area contributed by atoms with E-state index in [1.54, 1.807) is 0 Å². The van der Waals surface area contributed by atoms with Crippen LogP contribution in [0.25, 0.3) is 0 Å². The van der Waals surface area contributed by atoms with Gasteiger partial charge < -0.3 is 5.32 Å². The maximum atomic E-state index is 3.80. The molecule has 106 valence electrons. The lowest BCUT2D eigenvalue weighted by atomic mass is 9.95. The van der Waals surface area contributed by atoms with Crippen LogP contribution >= 0.6 is 11.3 Å². The van der Waals surface area contributed by atoms with Gasteiger partial charge in [0.05, 0.1) is 0 Å². The highest BCUT2D eigenvalue weighted by molar-refractivity contribution is 7.10. The molecule has 0 spiro atoms. The minimum Gasteiger partial charge on any atom is -0.311 e. The Labute approximate surface area is 121 Å². The Bertz CT molecular complexity index is 397. The number of piperazine rings is 1. The lowest BCUT2D eigenvalue weighted by Gasteiger charge is -2.45. The van der Waals surface area contributed by atoms with E-state index in [9.17, 15) is 0 Å². The van der Waals surface area contributed by atoms with Gasteiger partial charge >= 0.3 is 0 Å². The van der Waals surface area contributed by atoms with E-state index >= 15 is 0 Å². The molecule has 3 heteroatoms. The molecular formula is C16H26N2S. The molecule has 1 saturated heterocycles. The van der Waals surface area contributed by atoms with Crippen molar-refractivity contribution in [2.45, 2.75) is 51.7 Å². The number of thiophene rings is 1. The highest BCUT2D eigenvalue weighted by Gasteiger charge is 2.39. The van der Waals surface area contributed by atoms with Gasteiger partial charge in [-0.15, -0.1) is 11.3 Å². The van der Waals surface area contributed by atoms with Crippen molar-refractivity contribution in [2.24, 2.45) is 11.8 Å². The summed E-state index contributed by atoms with van der Waals surface area (Å²) in [5, 5.41) is 6.01. The fraction of sp³-hybridized carbons (Fsp3) is 0.750. The van der Waals surface area contributed by atoms with Crippen molar-refractivity contribution in [2.75, 3.05) is 13.1 Å². The van der Waals surface area contributed by atoms with Gasteiger partial charge in [-0.2, -0.15) is 0 Å². The number of nitrogens with one attached hydrogen (secondary N) is 1. The molecule has 2 heterocycles. The summed E-state index contributed by atoms with van der Waals surface area (Å²) in [5.41, 5.74) is 0. The maximum absolute atomic E-state index is 3.80. The van der Waals surface area contributed by atoms with Gasteiger partial charge in [0.15, 0.2) is 0 Å². The predicted molar refractivity (Wildman–Crippen MR) is 82.6 cm³/mol. The molecule has 1 aromatic heterocycles. The summed E-state index contributed by atoms with van der Waals surface area (Å²) in [7, 11) is 0. The van der Waals surface area contributed by atoms with Gasteiger partial charge in [0.1, 0.15) is 0 Å². The molecule has 1 N–H and O–H groups in total. The molecule has 3 atom stereocenters. The van der Waals surface area contributed by atoms with Crippen molar-refractivity contribution >= 4 is 11.3 Å². The van der Waals surface area contributed by atoms with Crippen LogP contribution in [0, 0.1) is 11.8 Å². The van der Waals surface area contributed by atoms with E-state index in [0.29, 0.717) is 12.1 Å². The number of nitrogens with zero attached hydrogens (tertiary/aromatic N) is 1. The van der Waals surface area contributed by atoms with E-state index in [-0.39, 0.29) is 0 Å². The molecule has 1 aromatic rings. The van der Waals surface area contributed by atoms with Crippen LogP contribution in [0.3, 0.4) is 0 Å². The van der Waals surface area contributed by atoms with Gasteiger partial charge in [-0.3, -0.25) is 4.90 Å². The molecule has 3 unspecified atom stereocenters. The minimum atomic E-state index is 0.566. The standard InChI is InChI=1S/C16H26N2S/c1-11(2)15-9-17-14(13-6-7-13)10-18(15)12(3)16-5-4-8-19-16/h4-5,8,11-15,17H,6-7,9-10H2,1-3H3. The monoisotopic (exact) mass is 278 g/mol. The van der Waals surface area contributed by atoms with Crippen LogP contribution in [-0.4, -0.2) is 30.1 Å². The van der Waals surface area contributed by atoms with Gasteiger partial charge in [-0.05, 0) is 43.0 Å². The van der Waals surface area contributed by atoms with Crippen LogP contribution in [0.2, 0.25) is 0 Å². The summed E-state index contributed by atoms with van der Waals surface area (Å²) in [6.45, 7) is 9.49. The van der Waals surface area contributed by atoms with Crippen molar-refractivity contribution < 1.29 is 0 Å². The van der Waals surface area contributed by atoms with Crippen LogP contribution in [0.15, 0.2) is 17.5 Å². The largest absolute Gasteiger partial charge is 0.311 e. The van der Waals surface area contributed by atoms with Gasteiger partial charge in [0.2, 0.25) is 0 Å². The number of hydrogen-bond acceptors (Lipinski definition) is 3. The molecule has 2 aliphatic rings. The average Bonchev–Trinajstić information content (AvgIpc) is 3.12. The van der Waals surface area contributed by atoms with Crippen molar-refractivity contribution in [3.8, 4) is 0 Å². The number of hydrogen-bond donors (Lipinski definition) is 1. The van der Waals surface area contributed by atoms with Crippen LogP contribution in [0.5, 0.6) is 0 Å². The van der Waals surface area contributed by atoms with Gasteiger partial charge in [0, 0.05) is 36.1 Å². The Kier molecular flexibility index (Phi) is 3.97. The van der Waals surface area contributed by atoms with E-state index in [2.05, 4.69) is 48.5 Å². The molecule has 1 saturated carbocycles. The fourth-order valence-corrected chi connectivity index (χ4v) is 4.19. The minimum absolute atomic E-state index is 0.566. The Balaban J connectivity index is 1.76. The third-order valence-electron chi connectivity index (χ3n) is 4.84. The molecule has 0 amide bonds. The Morgan fingerprint density at radius 1 is 1.32 bits per heavy atom. The third kappa shape index (κ3) is 2.88. The first-order chi connectivity index (χ1) is 9.16. The molecule has 0 aromatic carbocycles. The third-order valence-corrected chi connectivity index (χ3v) is 5.88. The quantitative estimate of drug-likeness (QED) is 0.906. The summed E-state index contributed by atoms with van der Waals surface area (Å²) in [4.78, 5) is 4.28. The maximum Gasteiger partial charge on any atom is 0.0417 e. The fourth-order valence-electron chi connectivity index (χ4n) is 3.39. The zero-order valence-corrected chi connectivity index (χ0v) is 13.1. The first kappa shape index (κ1) is 13.6. The van der Waals surface area contributed by atoms with Crippen LogP contribution in [-0.2, 0) is 0 Å². The Morgan fingerprint density at radius 3 is 2.68 bits per heavy atom. The molecular weight excluding hydrogens is 252 g/mol. The van der Waals surface area contributed by atoms with Crippen molar-refractivity contribution in [1.29, 1.82) is 0 Å². The van der Waals surface area contributed by atoms with E-state index in [1.165, 1.54) is 24.3 Å². The predicted octanol–water partition coefficient (Wildman–Crippen LogP) is 3.52.